The molecule has 0 radical (unpaired) electrons. The van der Waals surface area contributed by atoms with Crippen LogP contribution in [0.15, 0.2) is 48.4 Å². The smallest absolute Gasteiger partial charge is 0.227 e. The molecule has 3 heterocycles. The second-order valence-electron chi connectivity index (χ2n) is 7.95. The Morgan fingerprint density at radius 1 is 1.39 bits per heavy atom. The van der Waals surface area contributed by atoms with Crippen molar-refractivity contribution in [1.29, 1.82) is 5.26 Å². The Hall–Kier alpha value is -3.57. The molecule has 31 heavy (non-hydrogen) atoms. The van der Waals surface area contributed by atoms with Crippen molar-refractivity contribution in [2.45, 2.75) is 13.0 Å². The van der Waals surface area contributed by atoms with Gasteiger partial charge in [0.2, 0.25) is 5.95 Å². The van der Waals surface area contributed by atoms with Crippen molar-refractivity contribution in [2.75, 3.05) is 25.0 Å². The van der Waals surface area contributed by atoms with E-state index in [1.54, 1.807) is 18.5 Å². The Kier molecular flexibility index (Phi) is 4.96. The number of aromatic nitrogens is 2. The summed E-state index contributed by atoms with van der Waals surface area (Å²) in [5, 5.41) is 12.0. The van der Waals surface area contributed by atoms with Gasteiger partial charge in [0, 0.05) is 55.0 Å². The number of fused-ring (bicyclic) bond motifs is 2. The van der Waals surface area contributed by atoms with Gasteiger partial charge in [-0.2, -0.15) is 5.26 Å². The van der Waals surface area contributed by atoms with Crippen molar-refractivity contribution in [3.05, 3.63) is 71.0 Å². The van der Waals surface area contributed by atoms with Crippen molar-refractivity contribution in [3.63, 3.8) is 0 Å². The molecule has 1 aromatic heterocycles. The number of ketones is 1. The number of Topliss-reactive ketones (excluding diaryl/α,β-unsaturated/α-hetero) is 1. The van der Waals surface area contributed by atoms with Crippen LogP contribution in [0.5, 0.6) is 0 Å². The van der Waals surface area contributed by atoms with Crippen molar-refractivity contribution >= 4 is 17.4 Å². The highest BCUT2D eigenvalue weighted by Gasteiger charge is 2.35. The number of ether oxygens (including phenoxy) is 1. The summed E-state index contributed by atoms with van der Waals surface area (Å²) in [6.45, 7) is 2.61. The quantitative estimate of drug-likeness (QED) is 0.818. The number of hydrogen-bond acceptors (Lipinski definition) is 7. The van der Waals surface area contributed by atoms with E-state index in [2.05, 4.69) is 20.2 Å². The van der Waals surface area contributed by atoms with Gasteiger partial charge in [-0.25, -0.2) is 14.4 Å². The lowest BCUT2D eigenvalue weighted by molar-refractivity contribution is -0.125. The normalized spacial score (nSPS) is 22.2. The lowest BCUT2D eigenvalue weighted by Gasteiger charge is -2.31. The van der Waals surface area contributed by atoms with E-state index in [0.29, 0.717) is 31.3 Å². The first-order valence-corrected chi connectivity index (χ1v) is 10.2. The first-order valence-electron chi connectivity index (χ1n) is 10.2. The summed E-state index contributed by atoms with van der Waals surface area (Å²) in [7, 11) is 0. The maximum atomic E-state index is 13.5. The minimum atomic E-state index is -0.557. The Labute approximate surface area is 178 Å². The number of allylic oxidation sites excluding steroid dienone is 1. The maximum absolute atomic E-state index is 13.5. The number of anilines is 2. The van der Waals surface area contributed by atoms with Crippen LogP contribution in [-0.4, -0.2) is 40.3 Å². The summed E-state index contributed by atoms with van der Waals surface area (Å²) >= 11 is 0. The second-order valence-corrected chi connectivity index (χ2v) is 7.95. The molecule has 2 aromatic rings. The molecule has 0 amide bonds. The molecule has 0 bridgehead atoms. The van der Waals surface area contributed by atoms with Crippen LogP contribution in [0.2, 0.25) is 0 Å². The Bertz CT molecular complexity index is 1150. The van der Waals surface area contributed by atoms with Crippen LogP contribution < -0.4 is 5.32 Å². The maximum Gasteiger partial charge on any atom is 0.227 e. The SMILES string of the molecule is N#Cc1cc(Nc2ncc3c(n2)CCN(CC2C=CC4=COCC4C2=O)C3)ccc1F. The van der Waals surface area contributed by atoms with Gasteiger partial charge in [0.15, 0.2) is 5.78 Å². The first kappa shape index (κ1) is 19.4. The van der Waals surface area contributed by atoms with Crippen LogP contribution in [0.25, 0.3) is 0 Å². The van der Waals surface area contributed by atoms with Crippen molar-refractivity contribution in [2.24, 2.45) is 11.8 Å². The highest BCUT2D eigenvalue weighted by Crippen LogP contribution is 2.30. The van der Waals surface area contributed by atoms with Crippen molar-refractivity contribution in [1.82, 2.24) is 14.9 Å². The van der Waals surface area contributed by atoms with E-state index in [1.165, 1.54) is 12.1 Å². The number of benzene rings is 1. The fourth-order valence-electron chi connectivity index (χ4n) is 4.24. The number of nitriles is 1. The van der Waals surface area contributed by atoms with Gasteiger partial charge in [-0.15, -0.1) is 0 Å². The monoisotopic (exact) mass is 417 g/mol. The molecule has 0 spiro atoms. The molecule has 2 unspecified atom stereocenters. The van der Waals surface area contributed by atoms with Crippen molar-refractivity contribution in [3.8, 4) is 6.07 Å². The fourth-order valence-corrected chi connectivity index (χ4v) is 4.24. The Morgan fingerprint density at radius 3 is 3.16 bits per heavy atom. The van der Waals surface area contributed by atoms with E-state index in [9.17, 15) is 9.18 Å². The number of hydrogen-bond donors (Lipinski definition) is 1. The summed E-state index contributed by atoms with van der Waals surface area (Å²) in [6, 6.07) is 6.05. The average molecular weight is 417 g/mol. The molecular formula is C23H20FN5O2. The molecule has 5 rings (SSSR count). The molecule has 1 aliphatic carbocycles. The fraction of sp³-hybridized carbons (Fsp3) is 0.304. The molecule has 3 aliphatic rings. The third-order valence-electron chi connectivity index (χ3n) is 5.93. The van der Waals surface area contributed by atoms with Crippen LogP contribution in [0.1, 0.15) is 16.8 Å². The molecule has 2 aliphatic heterocycles. The van der Waals surface area contributed by atoms with E-state index in [0.717, 1.165) is 29.8 Å². The van der Waals surface area contributed by atoms with Gasteiger partial charge in [0.05, 0.1) is 23.4 Å². The van der Waals surface area contributed by atoms with Gasteiger partial charge in [0.25, 0.3) is 0 Å². The lowest BCUT2D eigenvalue weighted by atomic mass is 9.83. The number of nitrogens with zero attached hydrogens (tertiary/aromatic N) is 4. The van der Waals surface area contributed by atoms with Crippen LogP contribution in [0, 0.1) is 29.0 Å². The lowest BCUT2D eigenvalue weighted by Crippen LogP contribution is -2.39. The molecule has 156 valence electrons. The molecule has 1 N–H and O–H groups in total. The van der Waals surface area contributed by atoms with E-state index in [-0.39, 0.29) is 23.2 Å². The summed E-state index contributed by atoms with van der Waals surface area (Å²) in [5.41, 5.74) is 3.49. The summed E-state index contributed by atoms with van der Waals surface area (Å²) in [6.07, 6.45) is 8.21. The van der Waals surface area contributed by atoms with E-state index in [1.807, 2.05) is 18.2 Å². The average Bonchev–Trinajstić information content (AvgIpc) is 3.27. The van der Waals surface area contributed by atoms with Gasteiger partial charge in [0.1, 0.15) is 18.5 Å². The second kappa shape index (κ2) is 7.93. The van der Waals surface area contributed by atoms with E-state index < -0.39 is 5.82 Å². The first-order chi connectivity index (χ1) is 15.1. The minimum Gasteiger partial charge on any atom is -0.500 e. The van der Waals surface area contributed by atoms with Crippen LogP contribution in [0.4, 0.5) is 16.0 Å². The molecule has 8 heteroatoms. The molecule has 0 saturated carbocycles. The topological polar surface area (TPSA) is 91.1 Å². The predicted octanol–water partition coefficient (Wildman–Crippen LogP) is 2.87. The number of carbonyl (C=O) groups excluding carboxylic acids is 1. The highest BCUT2D eigenvalue weighted by atomic mass is 19.1. The van der Waals surface area contributed by atoms with Gasteiger partial charge < -0.3 is 10.1 Å². The number of halogens is 1. The van der Waals surface area contributed by atoms with E-state index in [4.69, 9.17) is 10.00 Å². The van der Waals surface area contributed by atoms with E-state index >= 15 is 0 Å². The van der Waals surface area contributed by atoms with Gasteiger partial charge >= 0.3 is 0 Å². The Morgan fingerprint density at radius 2 is 2.29 bits per heavy atom. The van der Waals surface area contributed by atoms with Crippen LogP contribution in [0.3, 0.4) is 0 Å². The zero-order valence-corrected chi connectivity index (χ0v) is 16.7. The largest absolute Gasteiger partial charge is 0.500 e. The third-order valence-corrected chi connectivity index (χ3v) is 5.93. The summed E-state index contributed by atoms with van der Waals surface area (Å²) in [4.78, 5) is 24.0. The minimum absolute atomic E-state index is 0.0308. The molecule has 7 nitrogen and oxygen atoms in total. The number of rotatable bonds is 4. The summed E-state index contributed by atoms with van der Waals surface area (Å²) < 4.78 is 18.8. The standard InChI is InChI=1S/C23H20FN5O2/c24-20-4-3-18(7-16(20)8-25)27-23-26-9-17-11-29(6-5-21(17)28-23)10-14-1-2-15-12-31-13-19(15)22(14)30/h1-4,7,9,12,14,19H,5-6,10-11,13H2,(H,26,27,28). The molecule has 0 fully saturated rings. The zero-order chi connectivity index (χ0) is 21.4. The third kappa shape index (κ3) is 3.80. The Balaban J connectivity index is 1.25. The number of carbonyl (C=O) groups is 1. The molecule has 0 saturated heterocycles. The molecular weight excluding hydrogens is 397 g/mol. The predicted molar refractivity (Wildman–Crippen MR) is 111 cm³/mol. The molecule has 2 atom stereocenters. The van der Waals surface area contributed by atoms with Crippen molar-refractivity contribution < 1.29 is 13.9 Å². The summed E-state index contributed by atoms with van der Waals surface area (Å²) in [5.74, 6) is -0.173. The van der Waals surface area contributed by atoms with Gasteiger partial charge in [-0.05, 0) is 18.2 Å². The van der Waals surface area contributed by atoms with Crippen LogP contribution in [-0.2, 0) is 22.5 Å². The van der Waals surface area contributed by atoms with Gasteiger partial charge in [-0.3, -0.25) is 9.69 Å². The highest BCUT2D eigenvalue weighted by molar-refractivity contribution is 5.90. The van der Waals surface area contributed by atoms with Gasteiger partial charge in [-0.1, -0.05) is 12.2 Å². The van der Waals surface area contributed by atoms with Crippen LogP contribution >= 0.6 is 0 Å². The zero-order valence-electron chi connectivity index (χ0n) is 16.7. The number of nitrogens with one attached hydrogen (secondary N) is 1. The molecule has 1 aromatic carbocycles.